The number of hydrogen-bond donors (Lipinski definition) is 7. The number of benzene rings is 2. The van der Waals surface area contributed by atoms with Crippen molar-refractivity contribution in [1.82, 2.24) is 20.0 Å². The van der Waals surface area contributed by atoms with Crippen molar-refractivity contribution in [2.24, 2.45) is 0 Å². The summed E-state index contributed by atoms with van der Waals surface area (Å²) in [7, 11) is 0. The van der Waals surface area contributed by atoms with Gasteiger partial charge in [0, 0.05) is 41.8 Å². The van der Waals surface area contributed by atoms with Crippen molar-refractivity contribution < 1.29 is 63.8 Å². The van der Waals surface area contributed by atoms with Crippen LogP contribution in [0.3, 0.4) is 0 Å². The lowest BCUT2D eigenvalue weighted by molar-refractivity contribution is -0.146. The maximum absolute atomic E-state index is 12.2. The maximum Gasteiger partial charge on any atom is 0.372 e. The molecule has 2 aromatic carbocycles. The van der Waals surface area contributed by atoms with Crippen LogP contribution in [0.1, 0.15) is 36.8 Å². The Bertz CT molecular complexity index is 1670. The minimum atomic E-state index is -1.29. The third-order valence-corrected chi connectivity index (χ3v) is 10.2. The van der Waals surface area contributed by atoms with Crippen LogP contribution in [0.2, 0.25) is 0 Å². The molecule has 1 fully saturated rings. The number of carbonyl (C=O) groups excluding carboxylic acids is 1. The number of thiocarbonyl (C=S) groups is 1. The van der Waals surface area contributed by atoms with E-state index >= 15 is 0 Å². The Hall–Kier alpha value is -4.86. The molecule has 2 aromatic rings. The predicted molar refractivity (Wildman–Crippen MR) is 216 cm³/mol. The molecule has 0 saturated heterocycles. The van der Waals surface area contributed by atoms with Gasteiger partial charge in [-0.2, -0.15) is 0 Å². The topological polar surface area (TPSA) is 256 Å². The number of carboxylic acid groups (broad SMARTS) is 5. The van der Waals surface area contributed by atoms with Crippen molar-refractivity contribution in [3.05, 3.63) is 59.7 Å². The van der Waals surface area contributed by atoms with Crippen LogP contribution in [-0.2, 0) is 39.9 Å². The number of nitrogens with one attached hydrogen (secondary N) is 2. The third kappa shape index (κ3) is 18.2. The highest BCUT2D eigenvalue weighted by Gasteiger charge is 2.38. The van der Waals surface area contributed by atoms with Gasteiger partial charge < -0.3 is 45.6 Å². The van der Waals surface area contributed by atoms with Gasteiger partial charge in [0.1, 0.15) is 6.61 Å². The first-order valence-electron chi connectivity index (χ1n) is 18.5. The van der Waals surface area contributed by atoms with E-state index in [1.54, 1.807) is 29.2 Å². The molecule has 1 aliphatic carbocycles. The molecule has 18 nitrogen and oxygen atoms in total. The Morgan fingerprint density at radius 3 is 1.83 bits per heavy atom. The predicted octanol–water partition coefficient (Wildman–Crippen LogP) is 2.78. The van der Waals surface area contributed by atoms with E-state index in [4.69, 9.17) is 21.7 Å². The molecule has 1 saturated carbocycles. The zero-order chi connectivity index (χ0) is 42.6. The molecular weight excluding hydrogens is 799 g/mol. The van der Waals surface area contributed by atoms with Crippen LogP contribution < -0.4 is 10.6 Å². The van der Waals surface area contributed by atoms with Crippen molar-refractivity contribution >= 4 is 69.9 Å². The van der Waals surface area contributed by atoms with Gasteiger partial charge in [-0.15, -0.1) is 0 Å². The summed E-state index contributed by atoms with van der Waals surface area (Å²) in [5, 5.41) is 54.4. The SMILES string of the molecule is Cc1ccc(SC(=O)OCCOCCNC(=S)Nc2ccc(C[C@@H](CN(CC(=O)O)[C@@H]3CCCC[C@H]3N(CC(=O)O)CC(=O)O)N(CC(=O)O)CC(=O)O)cc2)cc1. The molecule has 318 valence electrons. The van der Waals surface area contributed by atoms with Crippen LogP contribution in [0, 0.1) is 6.92 Å². The van der Waals surface area contributed by atoms with Gasteiger partial charge in [-0.25, -0.2) is 4.79 Å². The fourth-order valence-electron chi connectivity index (χ4n) is 6.74. The first-order chi connectivity index (χ1) is 27.6. The number of carbonyl (C=O) groups is 6. The highest BCUT2D eigenvalue weighted by atomic mass is 32.2. The summed E-state index contributed by atoms with van der Waals surface area (Å²) < 4.78 is 10.7. The molecule has 58 heavy (non-hydrogen) atoms. The van der Waals surface area contributed by atoms with Gasteiger partial charge in [-0.3, -0.25) is 38.7 Å². The van der Waals surface area contributed by atoms with E-state index in [1.807, 2.05) is 31.2 Å². The van der Waals surface area contributed by atoms with E-state index in [9.17, 15) is 54.3 Å². The zero-order valence-corrected chi connectivity index (χ0v) is 33.8. The van der Waals surface area contributed by atoms with Gasteiger partial charge in [-0.05, 0) is 80.0 Å². The number of aryl methyl sites for hydroxylation is 1. The van der Waals surface area contributed by atoms with Crippen molar-refractivity contribution in [3.63, 3.8) is 0 Å². The van der Waals surface area contributed by atoms with E-state index in [-0.39, 0.29) is 32.8 Å². The molecular formula is C38H51N5O13S2. The fourth-order valence-corrected chi connectivity index (χ4v) is 7.57. The molecule has 3 atom stereocenters. The summed E-state index contributed by atoms with van der Waals surface area (Å²) in [6.45, 7) is -0.210. The molecule has 0 bridgehead atoms. The monoisotopic (exact) mass is 849 g/mol. The van der Waals surface area contributed by atoms with Crippen molar-refractivity contribution in [1.29, 1.82) is 0 Å². The molecule has 3 rings (SSSR count). The van der Waals surface area contributed by atoms with Crippen LogP contribution in [0.5, 0.6) is 0 Å². The van der Waals surface area contributed by atoms with E-state index in [1.165, 1.54) is 9.80 Å². The highest BCUT2D eigenvalue weighted by molar-refractivity contribution is 8.13. The first kappa shape index (κ1) is 47.5. The summed E-state index contributed by atoms with van der Waals surface area (Å²) >= 11 is 6.38. The van der Waals surface area contributed by atoms with E-state index < -0.39 is 86.0 Å². The zero-order valence-electron chi connectivity index (χ0n) is 32.1. The molecule has 0 amide bonds. The number of ether oxygens (including phenoxy) is 2. The van der Waals surface area contributed by atoms with Gasteiger partial charge in [0.15, 0.2) is 5.11 Å². The normalized spacial score (nSPS) is 15.8. The molecule has 0 aromatic heterocycles. The summed E-state index contributed by atoms with van der Waals surface area (Å²) in [4.78, 5) is 76.4. The minimum absolute atomic E-state index is 0.0921. The molecule has 0 radical (unpaired) electrons. The lowest BCUT2D eigenvalue weighted by atomic mass is 9.87. The second kappa shape index (κ2) is 24.8. The van der Waals surface area contributed by atoms with Crippen LogP contribution in [-0.4, -0.2) is 164 Å². The third-order valence-electron chi connectivity index (χ3n) is 9.17. The van der Waals surface area contributed by atoms with Gasteiger partial charge in [0.2, 0.25) is 0 Å². The molecule has 20 heteroatoms. The number of anilines is 1. The second-order valence-corrected chi connectivity index (χ2v) is 15.1. The summed E-state index contributed by atoms with van der Waals surface area (Å²) in [5.74, 6) is -6.28. The Balaban J connectivity index is 1.64. The number of nitrogens with zero attached hydrogens (tertiary/aromatic N) is 3. The largest absolute Gasteiger partial charge is 0.480 e. The number of hydrogen-bond acceptors (Lipinski definition) is 13. The minimum Gasteiger partial charge on any atom is -0.480 e. The number of rotatable bonds is 25. The smallest absolute Gasteiger partial charge is 0.372 e. The Morgan fingerprint density at radius 1 is 0.741 bits per heavy atom. The molecule has 0 aliphatic heterocycles. The van der Waals surface area contributed by atoms with Gasteiger partial charge >= 0.3 is 35.1 Å². The van der Waals surface area contributed by atoms with Crippen molar-refractivity contribution in [3.8, 4) is 0 Å². The lowest BCUT2D eigenvalue weighted by Crippen LogP contribution is -2.59. The Morgan fingerprint density at radius 2 is 1.28 bits per heavy atom. The Labute approximate surface area is 345 Å². The van der Waals surface area contributed by atoms with Crippen LogP contribution in [0.15, 0.2) is 53.4 Å². The molecule has 0 heterocycles. The number of thioether (sulfide) groups is 1. The molecule has 0 spiro atoms. The average Bonchev–Trinajstić information content (AvgIpc) is 3.14. The highest BCUT2D eigenvalue weighted by Crippen LogP contribution is 2.29. The molecule has 0 unspecified atom stereocenters. The first-order valence-corrected chi connectivity index (χ1v) is 19.8. The number of aliphatic carboxylic acids is 5. The van der Waals surface area contributed by atoms with Crippen LogP contribution >= 0.6 is 24.0 Å². The van der Waals surface area contributed by atoms with E-state index in [0.717, 1.165) is 22.2 Å². The summed E-state index contributed by atoms with van der Waals surface area (Å²) in [6, 6.07) is 12.4. The van der Waals surface area contributed by atoms with Gasteiger partial charge in [0.25, 0.3) is 0 Å². The fraction of sp³-hybridized carbons (Fsp3) is 0.500. The van der Waals surface area contributed by atoms with Gasteiger partial charge in [-0.1, -0.05) is 42.7 Å². The van der Waals surface area contributed by atoms with Crippen LogP contribution in [0.25, 0.3) is 0 Å². The van der Waals surface area contributed by atoms with E-state index in [0.29, 0.717) is 48.6 Å². The number of carboxylic acids is 5. The van der Waals surface area contributed by atoms with Crippen molar-refractivity contribution in [2.75, 3.05) is 71.0 Å². The van der Waals surface area contributed by atoms with Crippen LogP contribution in [0.4, 0.5) is 10.5 Å². The average molecular weight is 850 g/mol. The maximum atomic E-state index is 12.2. The quantitative estimate of drug-likeness (QED) is 0.0328. The van der Waals surface area contributed by atoms with E-state index in [2.05, 4.69) is 10.6 Å². The molecule has 7 N–H and O–H groups in total. The molecule has 1 aliphatic rings. The Kier molecular flexibility index (Phi) is 20.3. The van der Waals surface area contributed by atoms with Crippen molar-refractivity contribution in [2.45, 2.75) is 62.0 Å². The summed E-state index contributed by atoms with van der Waals surface area (Å²) in [6.07, 6.45) is 2.26. The standard InChI is InChI=1S/C38H51N5O13S2/c1-25-6-12-29(13-7-25)58-38(54)56-17-16-55-15-14-39-37(57)40-27-10-8-26(9-11-27)18-28(41(20-32(44)45)21-33(46)47)19-42(22-34(48)49)30-4-2-3-5-31(30)43(23-35(50)51)24-36(52)53/h6-13,28,30-31H,2-5,14-24H2,1H3,(H,44,45)(H,46,47)(H,48,49)(H,50,51)(H,52,53)(H2,39,40,57)/t28-,30+,31+/m0/s1. The summed E-state index contributed by atoms with van der Waals surface area (Å²) in [5.41, 5.74) is 2.38. The lowest BCUT2D eigenvalue weighted by Gasteiger charge is -2.45. The second-order valence-electron chi connectivity index (χ2n) is 13.7. The van der Waals surface area contributed by atoms with Gasteiger partial charge in [0.05, 0.1) is 45.9 Å².